The Labute approximate surface area is 154 Å². The van der Waals surface area contributed by atoms with Crippen molar-refractivity contribution in [1.82, 2.24) is 9.55 Å². The molecule has 6 nitrogen and oxygen atoms in total. The highest BCUT2D eigenvalue weighted by atomic mass is 19.1. The Morgan fingerprint density at radius 2 is 1.96 bits per heavy atom. The number of hydrogen-bond donors (Lipinski definition) is 0. The molecule has 4 rings (SSSR count). The summed E-state index contributed by atoms with van der Waals surface area (Å²) in [5.74, 6) is -0.790. The summed E-state index contributed by atoms with van der Waals surface area (Å²) in [6, 6.07) is 5.47. The number of benzene rings is 1. The number of carbonyl (C=O) groups is 1. The van der Waals surface area contributed by atoms with Crippen LogP contribution < -0.4 is 14.9 Å². The Bertz CT molecular complexity index is 1130. The first-order valence-electron chi connectivity index (χ1n) is 8.52. The fourth-order valence-corrected chi connectivity index (χ4v) is 3.33. The number of halogens is 1. The van der Waals surface area contributed by atoms with Gasteiger partial charge in [0.2, 0.25) is 5.43 Å². The second-order valence-electron chi connectivity index (χ2n) is 6.71. The van der Waals surface area contributed by atoms with Gasteiger partial charge < -0.3 is 14.0 Å². The Morgan fingerprint density at radius 1 is 1.26 bits per heavy atom. The van der Waals surface area contributed by atoms with E-state index in [0.717, 1.165) is 6.07 Å². The van der Waals surface area contributed by atoms with Gasteiger partial charge in [0, 0.05) is 35.8 Å². The zero-order valence-electron chi connectivity index (χ0n) is 15.1. The molecule has 27 heavy (non-hydrogen) atoms. The van der Waals surface area contributed by atoms with Crippen molar-refractivity contribution >= 4 is 16.9 Å². The van der Waals surface area contributed by atoms with Gasteiger partial charge in [-0.2, -0.15) is 0 Å². The topological polar surface area (TPSA) is 70.4 Å². The molecular weight excluding hydrogens is 351 g/mol. The van der Waals surface area contributed by atoms with Gasteiger partial charge in [-0.1, -0.05) is 0 Å². The predicted molar refractivity (Wildman–Crippen MR) is 97.0 cm³/mol. The maximum atomic E-state index is 13.9. The minimum atomic E-state index is -0.792. The summed E-state index contributed by atoms with van der Waals surface area (Å²) >= 11 is 0. The molecule has 1 aliphatic rings. The van der Waals surface area contributed by atoms with Crippen molar-refractivity contribution in [2.45, 2.75) is 26.8 Å². The van der Waals surface area contributed by atoms with Crippen molar-refractivity contribution in [3.63, 3.8) is 0 Å². The van der Waals surface area contributed by atoms with E-state index in [-0.39, 0.29) is 17.0 Å². The summed E-state index contributed by atoms with van der Waals surface area (Å²) in [7, 11) is 0. The van der Waals surface area contributed by atoms with E-state index in [9.17, 15) is 14.0 Å². The lowest BCUT2D eigenvalue weighted by atomic mass is 10.1. The monoisotopic (exact) mass is 368 g/mol. The Morgan fingerprint density at radius 3 is 2.67 bits per heavy atom. The highest BCUT2D eigenvalue weighted by Crippen LogP contribution is 2.32. The summed E-state index contributed by atoms with van der Waals surface area (Å²) < 4.78 is 26.6. The van der Waals surface area contributed by atoms with Crippen molar-refractivity contribution in [1.29, 1.82) is 0 Å². The average Bonchev–Trinajstić information content (AvgIpc) is 2.58. The number of hydrogen-bond acceptors (Lipinski definition) is 5. The molecule has 0 saturated carbocycles. The third kappa shape index (κ3) is 2.95. The molecule has 0 radical (unpaired) electrons. The second-order valence-corrected chi connectivity index (χ2v) is 6.71. The van der Waals surface area contributed by atoms with Crippen LogP contribution in [0.25, 0.3) is 10.9 Å². The van der Waals surface area contributed by atoms with Crippen molar-refractivity contribution in [2.75, 3.05) is 6.61 Å². The van der Waals surface area contributed by atoms with E-state index in [1.807, 2.05) is 6.92 Å². The number of esters is 1. The highest BCUT2D eigenvalue weighted by Gasteiger charge is 2.25. The molecule has 138 valence electrons. The molecule has 2 aromatic heterocycles. The molecule has 0 fully saturated rings. The highest BCUT2D eigenvalue weighted by molar-refractivity contribution is 5.96. The number of carbonyl (C=O) groups excluding carboxylic acids is 1. The largest absolute Gasteiger partial charge is 0.489 e. The molecule has 1 aromatic carbocycles. The van der Waals surface area contributed by atoms with Crippen molar-refractivity contribution in [2.24, 2.45) is 0 Å². The van der Waals surface area contributed by atoms with Crippen LogP contribution in [-0.2, 0) is 0 Å². The molecule has 0 N–H and O–H groups in total. The van der Waals surface area contributed by atoms with Crippen LogP contribution in [0.1, 0.15) is 34.7 Å². The van der Waals surface area contributed by atoms with Gasteiger partial charge >= 0.3 is 5.97 Å². The van der Waals surface area contributed by atoms with Crippen LogP contribution in [-0.4, -0.2) is 22.1 Å². The van der Waals surface area contributed by atoms with Gasteiger partial charge in [-0.05, 0) is 26.8 Å². The van der Waals surface area contributed by atoms with Crippen LogP contribution in [0, 0.1) is 19.7 Å². The van der Waals surface area contributed by atoms with Crippen LogP contribution in [0.3, 0.4) is 0 Å². The van der Waals surface area contributed by atoms with E-state index in [4.69, 9.17) is 9.47 Å². The van der Waals surface area contributed by atoms with Crippen LogP contribution >= 0.6 is 0 Å². The SMILES string of the molecule is Cc1cc(OC(=O)c2cn3c4c(cc(F)cc4c2=O)OCC3C)cc(C)n1. The van der Waals surface area contributed by atoms with Gasteiger partial charge in [-0.15, -0.1) is 0 Å². The van der Waals surface area contributed by atoms with E-state index in [2.05, 4.69) is 4.98 Å². The van der Waals surface area contributed by atoms with Crippen molar-refractivity contribution < 1.29 is 18.7 Å². The summed E-state index contributed by atoms with van der Waals surface area (Å²) in [4.78, 5) is 29.8. The summed E-state index contributed by atoms with van der Waals surface area (Å²) in [5, 5.41) is 0.0908. The average molecular weight is 368 g/mol. The van der Waals surface area contributed by atoms with Crippen LogP contribution in [0.15, 0.2) is 35.3 Å². The molecule has 0 amide bonds. The maximum Gasteiger partial charge on any atom is 0.349 e. The molecular formula is C20H17FN2O4. The quantitative estimate of drug-likeness (QED) is 0.649. The first-order valence-corrected chi connectivity index (χ1v) is 8.52. The number of aromatic nitrogens is 2. The molecule has 0 spiro atoms. The predicted octanol–water partition coefficient (Wildman–Crippen LogP) is 3.33. The number of nitrogens with zero attached hydrogens (tertiary/aromatic N) is 2. The summed E-state index contributed by atoms with van der Waals surface area (Å²) in [6.45, 7) is 5.77. The van der Waals surface area contributed by atoms with Crippen molar-refractivity contribution in [3.8, 4) is 11.5 Å². The normalized spacial score (nSPS) is 15.5. The first-order chi connectivity index (χ1) is 12.8. The first kappa shape index (κ1) is 17.2. The Balaban J connectivity index is 1.86. The van der Waals surface area contributed by atoms with Gasteiger partial charge in [0.15, 0.2) is 0 Å². The molecule has 0 saturated heterocycles. The van der Waals surface area contributed by atoms with Crippen LogP contribution in [0.5, 0.6) is 11.5 Å². The van der Waals surface area contributed by atoms with E-state index in [1.165, 1.54) is 12.3 Å². The van der Waals surface area contributed by atoms with Gasteiger partial charge in [-0.25, -0.2) is 9.18 Å². The fourth-order valence-electron chi connectivity index (χ4n) is 3.33. The number of pyridine rings is 2. The molecule has 0 bridgehead atoms. The number of aryl methyl sites for hydroxylation is 2. The smallest absolute Gasteiger partial charge is 0.349 e. The minimum Gasteiger partial charge on any atom is -0.489 e. The standard InChI is InChI=1S/C20H17FN2O4/c1-10-4-14(5-11(2)22-10)27-20(25)16-8-23-12(3)9-26-17-7-13(21)6-15(18(17)23)19(16)24/h4-8,12H,9H2,1-3H3. The second kappa shape index (κ2) is 6.19. The lowest BCUT2D eigenvalue weighted by Crippen LogP contribution is -2.28. The molecule has 3 aromatic rings. The van der Waals surface area contributed by atoms with Crippen LogP contribution in [0.2, 0.25) is 0 Å². The number of rotatable bonds is 2. The molecule has 1 aliphatic heterocycles. The zero-order valence-corrected chi connectivity index (χ0v) is 15.1. The van der Waals surface area contributed by atoms with E-state index in [0.29, 0.717) is 35.0 Å². The molecule has 1 atom stereocenters. The Kier molecular flexibility index (Phi) is 3.95. The fraction of sp³-hybridized carbons (Fsp3) is 0.250. The summed E-state index contributed by atoms with van der Waals surface area (Å²) in [6.07, 6.45) is 1.46. The van der Waals surface area contributed by atoms with Gasteiger partial charge in [0.05, 0.1) is 16.9 Å². The molecule has 7 heteroatoms. The van der Waals surface area contributed by atoms with Gasteiger partial charge in [-0.3, -0.25) is 9.78 Å². The van der Waals surface area contributed by atoms with E-state index < -0.39 is 17.2 Å². The maximum absolute atomic E-state index is 13.9. The number of ether oxygens (including phenoxy) is 2. The van der Waals surface area contributed by atoms with Gasteiger partial charge in [0.1, 0.15) is 29.5 Å². The lowest BCUT2D eigenvalue weighted by Gasteiger charge is -2.26. The van der Waals surface area contributed by atoms with E-state index >= 15 is 0 Å². The third-order valence-electron chi connectivity index (χ3n) is 4.50. The van der Waals surface area contributed by atoms with E-state index in [1.54, 1.807) is 30.5 Å². The van der Waals surface area contributed by atoms with Gasteiger partial charge in [0.25, 0.3) is 0 Å². The van der Waals surface area contributed by atoms with Crippen molar-refractivity contribution in [3.05, 3.63) is 63.5 Å². The summed E-state index contributed by atoms with van der Waals surface area (Å²) in [5.41, 5.74) is 1.13. The molecule has 1 unspecified atom stereocenters. The van der Waals surface area contributed by atoms with Crippen LogP contribution in [0.4, 0.5) is 4.39 Å². The zero-order chi connectivity index (χ0) is 19.3. The molecule has 0 aliphatic carbocycles. The lowest BCUT2D eigenvalue weighted by molar-refractivity contribution is 0.0732. The molecule has 3 heterocycles. The Hall–Kier alpha value is -3.22. The minimum absolute atomic E-state index is 0.0908. The third-order valence-corrected chi connectivity index (χ3v) is 4.50.